The Morgan fingerprint density at radius 3 is 2.84 bits per heavy atom. The van der Waals surface area contributed by atoms with Crippen LogP contribution < -0.4 is 15.5 Å². The van der Waals surface area contributed by atoms with Crippen LogP contribution in [0.5, 0.6) is 0 Å². The smallest absolute Gasteiger partial charge is 0.315 e. The molecule has 1 aliphatic heterocycles. The van der Waals surface area contributed by atoms with Crippen molar-refractivity contribution in [1.29, 1.82) is 0 Å². The Morgan fingerprint density at radius 1 is 1.32 bits per heavy atom. The first kappa shape index (κ1) is 17.2. The summed E-state index contributed by atoms with van der Waals surface area (Å²) in [4.78, 5) is 18.1. The van der Waals surface area contributed by atoms with Gasteiger partial charge in [0.25, 0.3) is 0 Å². The SMILES string of the molecule is O=C(NC(CO)c1ccccc1)N[C@@H]1CCN(c2ncccc2F)C1. The molecule has 3 rings (SSSR count). The van der Waals surface area contributed by atoms with Crippen LogP contribution in [-0.2, 0) is 0 Å². The summed E-state index contributed by atoms with van der Waals surface area (Å²) >= 11 is 0. The van der Waals surface area contributed by atoms with E-state index in [9.17, 15) is 14.3 Å². The standard InChI is InChI=1S/C18H21FN4O2/c19-15-7-4-9-20-17(15)23-10-8-14(11-23)21-18(25)22-16(12-24)13-5-2-1-3-6-13/h1-7,9,14,16,24H,8,10-12H2,(H2,21,22,25)/t14-,16?/m1/s1. The van der Waals surface area contributed by atoms with E-state index in [0.717, 1.165) is 5.56 Å². The minimum Gasteiger partial charge on any atom is -0.394 e. The molecule has 0 aliphatic carbocycles. The van der Waals surface area contributed by atoms with Crippen LogP contribution in [-0.4, -0.2) is 41.9 Å². The number of pyridine rings is 1. The summed E-state index contributed by atoms with van der Waals surface area (Å²) in [7, 11) is 0. The van der Waals surface area contributed by atoms with Gasteiger partial charge >= 0.3 is 6.03 Å². The van der Waals surface area contributed by atoms with Crippen LogP contribution in [0.2, 0.25) is 0 Å². The molecule has 25 heavy (non-hydrogen) atoms. The quantitative estimate of drug-likeness (QED) is 0.773. The van der Waals surface area contributed by atoms with Crippen LogP contribution in [0.25, 0.3) is 0 Å². The third-order valence-electron chi connectivity index (χ3n) is 4.25. The molecule has 7 heteroatoms. The monoisotopic (exact) mass is 344 g/mol. The van der Waals surface area contributed by atoms with Crippen molar-refractivity contribution in [3.63, 3.8) is 0 Å². The van der Waals surface area contributed by atoms with Gasteiger partial charge < -0.3 is 20.6 Å². The number of hydrogen-bond acceptors (Lipinski definition) is 4. The molecule has 6 nitrogen and oxygen atoms in total. The van der Waals surface area contributed by atoms with Crippen molar-refractivity contribution >= 4 is 11.8 Å². The average Bonchev–Trinajstić information content (AvgIpc) is 3.09. The highest BCUT2D eigenvalue weighted by Crippen LogP contribution is 2.20. The first-order chi connectivity index (χ1) is 12.2. The molecule has 2 aromatic rings. The van der Waals surface area contributed by atoms with Gasteiger partial charge in [-0.25, -0.2) is 14.2 Å². The Morgan fingerprint density at radius 2 is 2.12 bits per heavy atom. The zero-order valence-electron chi connectivity index (χ0n) is 13.7. The fourth-order valence-corrected chi connectivity index (χ4v) is 2.99. The Bertz CT molecular complexity index is 713. The molecule has 0 bridgehead atoms. The van der Waals surface area contributed by atoms with E-state index in [-0.39, 0.29) is 24.5 Å². The summed E-state index contributed by atoms with van der Waals surface area (Å²) in [6, 6.07) is 11.3. The van der Waals surface area contributed by atoms with Gasteiger partial charge in [-0.05, 0) is 24.1 Å². The number of benzene rings is 1. The van der Waals surface area contributed by atoms with Gasteiger partial charge in [-0.3, -0.25) is 0 Å². The highest BCUT2D eigenvalue weighted by Gasteiger charge is 2.27. The molecule has 132 valence electrons. The Hall–Kier alpha value is -2.67. The number of hydrogen-bond donors (Lipinski definition) is 3. The molecule has 0 radical (unpaired) electrons. The molecule has 0 spiro atoms. The largest absolute Gasteiger partial charge is 0.394 e. The molecule has 1 aromatic carbocycles. The Labute approximate surface area is 145 Å². The summed E-state index contributed by atoms with van der Waals surface area (Å²) in [5, 5.41) is 15.2. The second-order valence-electron chi connectivity index (χ2n) is 6.00. The maximum atomic E-state index is 13.8. The molecule has 1 saturated heterocycles. The zero-order valence-corrected chi connectivity index (χ0v) is 13.7. The first-order valence-electron chi connectivity index (χ1n) is 8.25. The molecular formula is C18H21FN4O2. The maximum absolute atomic E-state index is 13.8. The molecule has 1 aliphatic rings. The summed E-state index contributed by atoms with van der Waals surface area (Å²) in [6.07, 6.45) is 2.26. The molecule has 1 unspecified atom stereocenters. The van der Waals surface area contributed by atoms with E-state index in [1.54, 1.807) is 12.3 Å². The lowest BCUT2D eigenvalue weighted by atomic mass is 10.1. The van der Waals surface area contributed by atoms with Crippen LogP contribution in [0.1, 0.15) is 18.0 Å². The Balaban J connectivity index is 1.54. The molecule has 2 heterocycles. The number of aliphatic hydroxyl groups excluding tert-OH is 1. The number of halogens is 1. The number of aliphatic hydroxyl groups is 1. The predicted octanol–water partition coefficient (Wildman–Crippen LogP) is 1.83. The summed E-state index contributed by atoms with van der Waals surface area (Å²) < 4.78 is 13.8. The summed E-state index contributed by atoms with van der Waals surface area (Å²) in [5.41, 5.74) is 0.837. The maximum Gasteiger partial charge on any atom is 0.315 e. The number of carbonyl (C=O) groups is 1. The number of aromatic nitrogens is 1. The normalized spacial score (nSPS) is 18.0. The zero-order chi connectivity index (χ0) is 17.6. The van der Waals surface area contributed by atoms with Crippen LogP contribution in [0, 0.1) is 5.82 Å². The predicted molar refractivity (Wildman–Crippen MR) is 92.7 cm³/mol. The van der Waals surface area contributed by atoms with E-state index in [1.807, 2.05) is 35.2 Å². The molecule has 2 atom stereocenters. The van der Waals surface area contributed by atoms with Crippen molar-refractivity contribution < 1.29 is 14.3 Å². The summed E-state index contributed by atoms with van der Waals surface area (Å²) in [5.74, 6) is -0.0539. The van der Waals surface area contributed by atoms with Crippen LogP contribution in [0.4, 0.5) is 15.0 Å². The van der Waals surface area contributed by atoms with E-state index < -0.39 is 6.04 Å². The van der Waals surface area contributed by atoms with Crippen LogP contribution >= 0.6 is 0 Å². The molecule has 1 aromatic heterocycles. The number of nitrogens with one attached hydrogen (secondary N) is 2. The van der Waals surface area contributed by atoms with Gasteiger partial charge in [-0.1, -0.05) is 30.3 Å². The minimum absolute atomic E-state index is 0.100. The van der Waals surface area contributed by atoms with Crippen molar-refractivity contribution in [2.75, 3.05) is 24.6 Å². The van der Waals surface area contributed by atoms with Gasteiger partial charge in [0, 0.05) is 25.3 Å². The van der Waals surface area contributed by atoms with Crippen LogP contribution in [0.3, 0.4) is 0 Å². The molecule has 3 N–H and O–H groups in total. The lowest BCUT2D eigenvalue weighted by Gasteiger charge is -2.20. The fourth-order valence-electron chi connectivity index (χ4n) is 2.99. The number of nitrogens with zero attached hydrogens (tertiary/aromatic N) is 2. The second kappa shape index (κ2) is 7.94. The first-order valence-corrected chi connectivity index (χ1v) is 8.25. The van der Waals surface area contributed by atoms with Gasteiger partial charge in [0.2, 0.25) is 0 Å². The van der Waals surface area contributed by atoms with E-state index in [1.165, 1.54) is 6.07 Å². The van der Waals surface area contributed by atoms with Gasteiger partial charge in [-0.2, -0.15) is 0 Å². The third-order valence-corrected chi connectivity index (χ3v) is 4.25. The number of carbonyl (C=O) groups excluding carboxylic acids is 1. The number of urea groups is 1. The van der Waals surface area contributed by atoms with Crippen molar-refractivity contribution in [1.82, 2.24) is 15.6 Å². The second-order valence-corrected chi connectivity index (χ2v) is 6.00. The van der Waals surface area contributed by atoms with E-state index in [2.05, 4.69) is 15.6 Å². The molecular weight excluding hydrogens is 323 g/mol. The Kier molecular flexibility index (Phi) is 5.45. The third kappa shape index (κ3) is 4.24. The minimum atomic E-state index is -0.466. The topological polar surface area (TPSA) is 77.5 Å². The van der Waals surface area contributed by atoms with Gasteiger partial charge in [0.1, 0.15) is 0 Å². The highest BCUT2D eigenvalue weighted by molar-refractivity contribution is 5.75. The molecule has 0 saturated carbocycles. The van der Waals surface area contributed by atoms with E-state index >= 15 is 0 Å². The molecule has 1 fully saturated rings. The van der Waals surface area contributed by atoms with Gasteiger partial charge in [-0.15, -0.1) is 0 Å². The van der Waals surface area contributed by atoms with Gasteiger partial charge in [0.15, 0.2) is 11.6 Å². The lowest BCUT2D eigenvalue weighted by molar-refractivity contribution is 0.214. The summed E-state index contributed by atoms with van der Waals surface area (Å²) in [6.45, 7) is 0.935. The lowest BCUT2D eigenvalue weighted by Crippen LogP contribution is -2.45. The number of anilines is 1. The van der Waals surface area contributed by atoms with Crippen molar-refractivity contribution in [2.24, 2.45) is 0 Å². The van der Waals surface area contributed by atoms with Crippen LogP contribution in [0.15, 0.2) is 48.7 Å². The fraction of sp³-hybridized carbons (Fsp3) is 0.333. The van der Waals surface area contributed by atoms with Crippen molar-refractivity contribution in [2.45, 2.75) is 18.5 Å². The molecule has 2 amide bonds. The number of rotatable bonds is 5. The highest BCUT2D eigenvalue weighted by atomic mass is 19.1. The van der Waals surface area contributed by atoms with E-state index in [4.69, 9.17) is 0 Å². The van der Waals surface area contributed by atoms with Crippen molar-refractivity contribution in [3.8, 4) is 0 Å². The van der Waals surface area contributed by atoms with Gasteiger partial charge in [0.05, 0.1) is 12.6 Å². The average molecular weight is 344 g/mol. The van der Waals surface area contributed by atoms with Crippen molar-refractivity contribution in [3.05, 3.63) is 60.0 Å². The number of amides is 2. The van der Waals surface area contributed by atoms with E-state index in [0.29, 0.717) is 25.3 Å².